The second kappa shape index (κ2) is 7.41. The fourth-order valence-electron chi connectivity index (χ4n) is 2.63. The number of benzene rings is 2. The molecule has 0 aliphatic carbocycles. The summed E-state index contributed by atoms with van der Waals surface area (Å²) in [7, 11) is 0. The number of hydrogen-bond donors (Lipinski definition) is 1. The Hall–Kier alpha value is -2.78. The van der Waals surface area contributed by atoms with E-state index < -0.39 is 0 Å². The molecule has 25 heavy (non-hydrogen) atoms. The van der Waals surface area contributed by atoms with Gasteiger partial charge >= 0.3 is 0 Å². The summed E-state index contributed by atoms with van der Waals surface area (Å²) in [6, 6.07) is 13.1. The van der Waals surface area contributed by atoms with Crippen molar-refractivity contribution in [2.24, 2.45) is 0 Å². The Morgan fingerprint density at radius 2 is 2.08 bits per heavy atom. The number of fused-ring (bicyclic) bond motifs is 1. The Morgan fingerprint density at radius 3 is 2.84 bits per heavy atom. The molecule has 1 aliphatic rings. The van der Waals surface area contributed by atoms with Gasteiger partial charge in [-0.3, -0.25) is 4.79 Å². The molecule has 0 radical (unpaired) electrons. The zero-order chi connectivity index (χ0) is 17.8. The molecule has 0 atom stereocenters. The Morgan fingerprint density at radius 1 is 1.28 bits per heavy atom. The molecule has 0 saturated heterocycles. The molecule has 1 N–H and O–H groups in total. The van der Waals surface area contributed by atoms with E-state index in [0.717, 1.165) is 16.8 Å². The normalized spacial score (nSPS) is 14.0. The van der Waals surface area contributed by atoms with E-state index in [1.807, 2.05) is 49.4 Å². The lowest BCUT2D eigenvalue weighted by Crippen LogP contribution is -2.04. The van der Waals surface area contributed by atoms with E-state index >= 15 is 0 Å². The van der Waals surface area contributed by atoms with Crippen LogP contribution in [-0.4, -0.2) is 19.1 Å². The van der Waals surface area contributed by atoms with Crippen molar-refractivity contribution in [3.05, 3.63) is 52.0 Å². The number of amides is 1. The maximum Gasteiger partial charge on any atom is 0.256 e. The lowest BCUT2D eigenvalue weighted by Gasteiger charge is -2.13. The van der Waals surface area contributed by atoms with E-state index in [9.17, 15) is 4.79 Å². The minimum atomic E-state index is -0.139. The summed E-state index contributed by atoms with van der Waals surface area (Å²) in [5.41, 5.74) is 3.06. The maximum atomic E-state index is 12.3. The largest absolute Gasteiger partial charge is 0.490 e. The van der Waals surface area contributed by atoms with Crippen LogP contribution in [0, 0.1) is 11.3 Å². The van der Waals surface area contributed by atoms with Gasteiger partial charge in [0.1, 0.15) is 6.07 Å². The molecular formula is C19H15BrN2O3. The van der Waals surface area contributed by atoms with Gasteiger partial charge in [-0.1, -0.05) is 18.2 Å². The number of ether oxygens (including phenoxy) is 2. The maximum absolute atomic E-state index is 12.3. The van der Waals surface area contributed by atoms with Crippen LogP contribution < -0.4 is 14.8 Å². The first-order valence-electron chi connectivity index (χ1n) is 7.72. The molecule has 2 aromatic carbocycles. The molecule has 0 spiro atoms. The van der Waals surface area contributed by atoms with Crippen LogP contribution in [0.1, 0.15) is 18.1 Å². The summed E-state index contributed by atoms with van der Waals surface area (Å²) in [5.74, 6) is 0.854. The zero-order valence-corrected chi connectivity index (χ0v) is 15.1. The number of carbonyl (C=O) groups is 1. The first-order valence-corrected chi connectivity index (χ1v) is 8.52. The van der Waals surface area contributed by atoms with E-state index in [4.69, 9.17) is 14.7 Å². The Bertz CT molecular complexity index is 900. The molecule has 0 bridgehead atoms. The fraction of sp³-hybridized carbons (Fsp3) is 0.158. The van der Waals surface area contributed by atoms with E-state index in [1.165, 1.54) is 0 Å². The van der Waals surface area contributed by atoms with Gasteiger partial charge in [-0.05, 0) is 52.7 Å². The molecule has 3 rings (SSSR count). The highest BCUT2D eigenvalue weighted by atomic mass is 79.9. The van der Waals surface area contributed by atoms with E-state index in [1.54, 1.807) is 6.07 Å². The Balaban J connectivity index is 2.04. The number of nitriles is 1. The van der Waals surface area contributed by atoms with Crippen molar-refractivity contribution in [1.82, 2.24) is 0 Å². The van der Waals surface area contributed by atoms with Crippen LogP contribution in [0.5, 0.6) is 11.5 Å². The molecule has 0 saturated carbocycles. The first kappa shape index (κ1) is 17.1. The third kappa shape index (κ3) is 3.52. The second-order valence-electron chi connectivity index (χ2n) is 5.27. The van der Waals surface area contributed by atoms with Crippen molar-refractivity contribution in [2.45, 2.75) is 6.92 Å². The Kier molecular flexibility index (Phi) is 5.05. The summed E-state index contributed by atoms with van der Waals surface area (Å²) >= 11 is 3.45. The smallest absolute Gasteiger partial charge is 0.256 e. The molecular weight excluding hydrogens is 384 g/mol. The summed E-state index contributed by atoms with van der Waals surface area (Å²) < 4.78 is 11.7. The number of hydrogen-bond acceptors (Lipinski definition) is 4. The van der Waals surface area contributed by atoms with Crippen molar-refractivity contribution in [3.8, 4) is 17.6 Å². The lowest BCUT2D eigenvalue weighted by molar-refractivity contribution is -0.110. The topological polar surface area (TPSA) is 71.3 Å². The quantitative estimate of drug-likeness (QED) is 0.764. The van der Waals surface area contributed by atoms with E-state index in [-0.39, 0.29) is 12.5 Å². The highest BCUT2D eigenvalue weighted by Gasteiger charge is 2.23. The van der Waals surface area contributed by atoms with Gasteiger partial charge in [0.25, 0.3) is 5.91 Å². The third-order valence-corrected chi connectivity index (χ3v) is 4.22. The van der Waals surface area contributed by atoms with Gasteiger partial charge in [0.15, 0.2) is 18.1 Å². The summed E-state index contributed by atoms with van der Waals surface area (Å²) in [6.45, 7) is 2.25. The Labute approximate surface area is 154 Å². The van der Waals surface area contributed by atoms with Crippen LogP contribution in [0.25, 0.3) is 11.6 Å². The van der Waals surface area contributed by atoms with Gasteiger partial charge in [-0.15, -0.1) is 0 Å². The van der Waals surface area contributed by atoms with Gasteiger partial charge in [-0.2, -0.15) is 5.26 Å². The number of halogens is 1. The number of para-hydroxylation sites is 1. The standard InChI is InChI=1S/C19H15BrN2O3/c1-2-24-17-11-12(10-15(20)18(17)25-8-7-21)9-14-13-5-3-4-6-16(13)22-19(14)23/h3-6,9-11H,2,8H2,1H3,(H,22,23)/b14-9-. The van der Waals surface area contributed by atoms with Gasteiger partial charge in [0.2, 0.25) is 0 Å². The van der Waals surface area contributed by atoms with Crippen LogP contribution in [-0.2, 0) is 4.79 Å². The molecule has 126 valence electrons. The average Bonchev–Trinajstić information content (AvgIpc) is 2.90. The van der Waals surface area contributed by atoms with Crippen LogP contribution in [0.2, 0.25) is 0 Å². The summed E-state index contributed by atoms with van der Waals surface area (Å²) in [5, 5.41) is 11.6. The van der Waals surface area contributed by atoms with Crippen molar-refractivity contribution in [2.75, 3.05) is 18.5 Å². The van der Waals surface area contributed by atoms with Gasteiger partial charge in [0, 0.05) is 16.8 Å². The number of nitrogens with one attached hydrogen (secondary N) is 1. The highest BCUT2D eigenvalue weighted by molar-refractivity contribution is 9.10. The predicted molar refractivity (Wildman–Crippen MR) is 99.4 cm³/mol. The van der Waals surface area contributed by atoms with Crippen LogP contribution in [0.15, 0.2) is 40.9 Å². The fourth-order valence-corrected chi connectivity index (χ4v) is 3.20. The van der Waals surface area contributed by atoms with Crippen molar-refractivity contribution >= 4 is 39.2 Å². The average molecular weight is 399 g/mol. The van der Waals surface area contributed by atoms with Gasteiger partial charge < -0.3 is 14.8 Å². The molecule has 6 heteroatoms. The minimum absolute atomic E-state index is 0.0745. The van der Waals surface area contributed by atoms with Crippen molar-refractivity contribution < 1.29 is 14.3 Å². The minimum Gasteiger partial charge on any atom is -0.490 e. The van der Waals surface area contributed by atoms with Crippen molar-refractivity contribution in [3.63, 3.8) is 0 Å². The molecule has 0 fully saturated rings. The van der Waals surface area contributed by atoms with Gasteiger partial charge in [0.05, 0.1) is 11.1 Å². The molecule has 1 amide bonds. The summed E-state index contributed by atoms with van der Waals surface area (Å²) in [6.07, 6.45) is 1.81. The van der Waals surface area contributed by atoms with Crippen LogP contribution in [0.3, 0.4) is 0 Å². The number of anilines is 1. The number of nitrogens with zero attached hydrogens (tertiary/aromatic N) is 1. The monoisotopic (exact) mass is 398 g/mol. The zero-order valence-electron chi connectivity index (χ0n) is 13.5. The van der Waals surface area contributed by atoms with E-state index in [0.29, 0.717) is 28.2 Å². The SMILES string of the molecule is CCOc1cc(/C=C2\C(=O)Nc3ccccc32)cc(Br)c1OCC#N. The molecule has 0 aromatic heterocycles. The highest BCUT2D eigenvalue weighted by Crippen LogP contribution is 2.39. The lowest BCUT2D eigenvalue weighted by atomic mass is 10.0. The number of carbonyl (C=O) groups excluding carboxylic acids is 1. The molecule has 0 unspecified atom stereocenters. The molecule has 1 aliphatic heterocycles. The number of rotatable bonds is 5. The molecule has 5 nitrogen and oxygen atoms in total. The first-order chi connectivity index (χ1) is 12.1. The van der Waals surface area contributed by atoms with Crippen molar-refractivity contribution in [1.29, 1.82) is 5.26 Å². The van der Waals surface area contributed by atoms with Crippen LogP contribution in [0.4, 0.5) is 5.69 Å². The molecule has 2 aromatic rings. The van der Waals surface area contributed by atoms with E-state index in [2.05, 4.69) is 21.2 Å². The third-order valence-electron chi connectivity index (χ3n) is 3.63. The second-order valence-corrected chi connectivity index (χ2v) is 6.12. The predicted octanol–water partition coefficient (Wildman–Crippen LogP) is 4.24. The molecule has 1 heterocycles. The summed E-state index contributed by atoms with van der Waals surface area (Å²) in [4.78, 5) is 12.3. The van der Waals surface area contributed by atoms with Gasteiger partial charge in [-0.25, -0.2) is 0 Å². The van der Waals surface area contributed by atoms with Crippen LogP contribution >= 0.6 is 15.9 Å².